The maximum atomic E-state index is 12.4. The number of morpholine rings is 1. The number of aryl methyl sites for hydroxylation is 1. The molecule has 0 aromatic heterocycles. The number of hydrogen-bond donors (Lipinski definition) is 2. The predicted octanol–water partition coefficient (Wildman–Crippen LogP) is 3.28. The molecule has 144 valence electrons. The van der Waals surface area contributed by atoms with E-state index in [4.69, 9.17) is 9.47 Å². The molecule has 2 aromatic rings. The molecule has 27 heavy (non-hydrogen) atoms. The van der Waals surface area contributed by atoms with Gasteiger partial charge in [-0.1, -0.05) is 18.2 Å². The van der Waals surface area contributed by atoms with Crippen LogP contribution in [0.4, 0.5) is 17.1 Å². The average molecular weight is 369 g/mol. The normalized spacial score (nSPS) is 13.9. The molecular weight excluding hydrogens is 342 g/mol. The Labute approximate surface area is 160 Å². The van der Waals surface area contributed by atoms with E-state index in [2.05, 4.69) is 15.5 Å². The van der Waals surface area contributed by atoms with Gasteiger partial charge in [0.05, 0.1) is 37.4 Å². The van der Waals surface area contributed by atoms with E-state index in [1.54, 1.807) is 7.11 Å². The number of ether oxygens (including phenoxy) is 2. The molecule has 0 atom stereocenters. The second-order valence-corrected chi connectivity index (χ2v) is 6.55. The molecule has 0 saturated carbocycles. The fourth-order valence-electron chi connectivity index (χ4n) is 3.14. The van der Waals surface area contributed by atoms with Gasteiger partial charge in [-0.2, -0.15) is 0 Å². The summed E-state index contributed by atoms with van der Waals surface area (Å²) in [4.78, 5) is 14.7. The number of hydrogen-bond acceptors (Lipinski definition) is 5. The molecule has 0 radical (unpaired) electrons. The van der Waals surface area contributed by atoms with Crippen molar-refractivity contribution in [2.45, 2.75) is 13.3 Å². The first-order chi connectivity index (χ1) is 13.2. The minimum atomic E-state index is -0.0187. The summed E-state index contributed by atoms with van der Waals surface area (Å²) in [5.41, 5.74) is 3.93. The Hall–Kier alpha value is -2.73. The summed E-state index contributed by atoms with van der Waals surface area (Å²) in [5, 5.41) is 6.33. The standard InChI is InChI=1S/C21H27N3O3/c1-16-7-8-20(26-2)18(15-16)22-10-9-21(25)23-17-5-3-4-6-19(17)24-11-13-27-14-12-24/h3-8,15,22H,9-14H2,1-2H3,(H,23,25). The molecule has 3 rings (SSSR count). The van der Waals surface area contributed by atoms with Gasteiger partial charge in [-0.3, -0.25) is 4.79 Å². The summed E-state index contributed by atoms with van der Waals surface area (Å²) in [6.45, 7) is 5.66. The quantitative estimate of drug-likeness (QED) is 0.784. The van der Waals surface area contributed by atoms with Gasteiger partial charge in [0, 0.05) is 26.1 Å². The van der Waals surface area contributed by atoms with Crippen LogP contribution in [0.1, 0.15) is 12.0 Å². The van der Waals surface area contributed by atoms with Crippen molar-refractivity contribution in [3.05, 3.63) is 48.0 Å². The zero-order valence-corrected chi connectivity index (χ0v) is 16.0. The number of para-hydroxylation sites is 2. The molecular formula is C21H27N3O3. The smallest absolute Gasteiger partial charge is 0.226 e. The third kappa shape index (κ3) is 5.14. The molecule has 0 aliphatic carbocycles. The van der Waals surface area contributed by atoms with Gasteiger partial charge in [0.1, 0.15) is 5.75 Å². The molecule has 1 fully saturated rings. The van der Waals surface area contributed by atoms with Crippen LogP contribution in [0.2, 0.25) is 0 Å². The van der Waals surface area contributed by atoms with Gasteiger partial charge in [0.25, 0.3) is 0 Å². The van der Waals surface area contributed by atoms with Crippen LogP contribution in [0.5, 0.6) is 5.75 Å². The Morgan fingerprint density at radius 1 is 1.15 bits per heavy atom. The largest absolute Gasteiger partial charge is 0.495 e. The summed E-state index contributed by atoms with van der Waals surface area (Å²) >= 11 is 0. The SMILES string of the molecule is COc1ccc(C)cc1NCCC(=O)Nc1ccccc1N1CCOCC1. The first kappa shape index (κ1) is 19.0. The number of nitrogens with one attached hydrogen (secondary N) is 2. The molecule has 1 saturated heterocycles. The number of benzene rings is 2. The highest BCUT2D eigenvalue weighted by Gasteiger charge is 2.15. The Morgan fingerprint density at radius 3 is 2.70 bits per heavy atom. The van der Waals surface area contributed by atoms with Gasteiger partial charge < -0.3 is 25.0 Å². The zero-order chi connectivity index (χ0) is 19.1. The van der Waals surface area contributed by atoms with Crippen molar-refractivity contribution >= 4 is 23.0 Å². The summed E-state index contributed by atoms with van der Waals surface area (Å²) < 4.78 is 10.8. The Kier molecular flexibility index (Phi) is 6.54. The second-order valence-electron chi connectivity index (χ2n) is 6.55. The molecule has 6 nitrogen and oxygen atoms in total. The minimum Gasteiger partial charge on any atom is -0.495 e. The van der Waals surface area contributed by atoms with Crippen LogP contribution >= 0.6 is 0 Å². The van der Waals surface area contributed by atoms with Crippen molar-refractivity contribution in [2.24, 2.45) is 0 Å². The Bertz CT molecular complexity index is 773. The molecule has 2 aromatic carbocycles. The first-order valence-electron chi connectivity index (χ1n) is 9.27. The van der Waals surface area contributed by atoms with E-state index in [9.17, 15) is 4.79 Å². The first-order valence-corrected chi connectivity index (χ1v) is 9.27. The molecule has 1 aliphatic rings. The van der Waals surface area contributed by atoms with Crippen LogP contribution in [0.15, 0.2) is 42.5 Å². The monoisotopic (exact) mass is 369 g/mol. The Balaban J connectivity index is 1.56. The van der Waals surface area contributed by atoms with E-state index in [0.29, 0.717) is 26.2 Å². The van der Waals surface area contributed by atoms with Gasteiger partial charge in [-0.25, -0.2) is 0 Å². The highest BCUT2D eigenvalue weighted by atomic mass is 16.5. The summed E-state index contributed by atoms with van der Waals surface area (Å²) in [6.07, 6.45) is 0.370. The lowest BCUT2D eigenvalue weighted by Crippen LogP contribution is -2.36. The molecule has 6 heteroatoms. The van der Waals surface area contributed by atoms with Gasteiger partial charge >= 0.3 is 0 Å². The summed E-state index contributed by atoms with van der Waals surface area (Å²) in [6, 6.07) is 13.9. The molecule has 1 aliphatic heterocycles. The summed E-state index contributed by atoms with van der Waals surface area (Å²) in [5.74, 6) is 0.758. The number of anilines is 3. The van der Waals surface area contributed by atoms with Crippen molar-refractivity contribution in [3.8, 4) is 5.75 Å². The molecule has 1 amide bonds. The third-order valence-corrected chi connectivity index (χ3v) is 4.55. The highest BCUT2D eigenvalue weighted by Crippen LogP contribution is 2.27. The van der Waals surface area contributed by atoms with Crippen molar-refractivity contribution < 1.29 is 14.3 Å². The van der Waals surface area contributed by atoms with Crippen molar-refractivity contribution in [1.82, 2.24) is 0 Å². The predicted molar refractivity (Wildman–Crippen MR) is 109 cm³/mol. The number of nitrogens with zero attached hydrogens (tertiary/aromatic N) is 1. The van der Waals surface area contributed by atoms with Gasteiger partial charge in [0.2, 0.25) is 5.91 Å². The Morgan fingerprint density at radius 2 is 1.93 bits per heavy atom. The van der Waals surface area contributed by atoms with Gasteiger partial charge in [0.15, 0.2) is 0 Å². The van der Waals surface area contributed by atoms with Crippen LogP contribution in [0.3, 0.4) is 0 Å². The number of amides is 1. The van der Waals surface area contributed by atoms with E-state index in [-0.39, 0.29) is 5.91 Å². The van der Waals surface area contributed by atoms with Crippen LogP contribution in [0.25, 0.3) is 0 Å². The lowest BCUT2D eigenvalue weighted by atomic mass is 10.2. The number of rotatable bonds is 7. The van der Waals surface area contributed by atoms with E-state index in [1.807, 2.05) is 49.4 Å². The van der Waals surface area contributed by atoms with Crippen LogP contribution in [-0.4, -0.2) is 45.9 Å². The zero-order valence-electron chi connectivity index (χ0n) is 16.0. The maximum Gasteiger partial charge on any atom is 0.226 e. The van der Waals surface area contributed by atoms with E-state index >= 15 is 0 Å². The van der Waals surface area contributed by atoms with E-state index < -0.39 is 0 Å². The fourth-order valence-corrected chi connectivity index (χ4v) is 3.14. The van der Waals surface area contributed by atoms with Gasteiger partial charge in [-0.15, -0.1) is 0 Å². The van der Waals surface area contributed by atoms with Crippen molar-refractivity contribution in [3.63, 3.8) is 0 Å². The topological polar surface area (TPSA) is 62.8 Å². The van der Waals surface area contributed by atoms with Crippen LogP contribution < -0.4 is 20.3 Å². The van der Waals surface area contributed by atoms with Gasteiger partial charge in [-0.05, 0) is 36.8 Å². The number of carbonyl (C=O) groups is 1. The molecule has 0 bridgehead atoms. The lowest BCUT2D eigenvalue weighted by molar-refractivity contribution is -0.115. The number of methoxy groups -OCH3 is 1. The molecule has 1 heterocycles. The van der Waals surface area contributed by atoms with E-state index in [1.165, 1.54) is 0 Å². The van der Waals surface area contributed by atoms with Crippen LogP contribution in [0, 0.1) is 6.92 Å². The molecule has 2 N–H and O–H groups in total. The molecule has 0 unspecified atom stereocenters. The highest BCUT2D eigenvalue weighted by molar-refractivity contribution is 5.94. The van der Waals surface area contributed by atoms with Crippen LogP contribution in [-0.2, 0) is 9.53 Å². The molecule has 0 spiro atoms. The number of carbonyl (C=O) groups excluding carboxylic acids is 1. The van der Waals surface area contributed by atoms with Crippen molar-refractivity contribution in [1.29, 1.82) is 0 Å². The minimum absolute atomic E-state index is 0.0187. The summed E-state index contributed by atoms with van der Waals surface area (Å²) in [7, 11) is 1.64. The third-order valence-electron chi connectivity index (χ3n) is 4.55. The fraction of sp³-hybridized carbons (Fsp3) is 0.381. The lowest BCUT2D eigenvalue weighted by Gasteiger charge is -2.30. The van der Waals surface area contributed by atoms with E-state index in [0.717, 1.165) is 41.5 Å². The second kappa shape index (κ2) is 9.28. The maximum absolute atomic E-state index is 12.4. The average Bonchev–Trinajstić information content (AvgIpc) is 2.69. The van der Waals surface area contributed by atoms with Crippen molar-refractivity contribution in [2.75, 3.05) is 55.5 Å².